The highest BCUT2D eigenvalue weighted by Gasteiger charge is 2.13. The zero-order chi connectivity index (χ0) is 21.8. The van der Waals surface area contributed by atoms with Crippen LogP contribution in [0.2, 0.25) is 0 Å². The van der Waals surface area contributed by atoms with Gasteiger partial charge in [-0.1, -0.05) is 29.8 Å². The normalized spacial score (nSPS) is 10.8. The molecule has 2 aromatic heterocycles. The first kappa shape index (κ1) is 20.2. The lowest BCUT2D eigenvalue weighted by Crippen LogP contribution is -2.15. The van der Waals surface area contributed by atoms with E-state index in [9.17, 15) is 13.6 Å². The number of nitrogens with one attached hydrogen (secondary N) is 1. The summed E-state index contributed by atoms with van der Waals surface area (Å²) < 4.78 is 34.7. The summed E-state index contributed by atoms with van der Waals surface area (Å²) in [5.41, 5.74) is 2.34. The van der Waals surface area contributed by atoms with E-state index in [4.69, 9.17) is 4.74 Å². The van der Waals surface area contributed by atoms with Gasteiger partial charge in [-0.05, 0) is 30.7 Å². The second-order valence-corrected chi connectivity index (χ2v) is 6.79. The van der Waals surface area contributed by atoms with Gasteiger partial charge in [0.15, 0.2) is 24.0 Å². The summed E-state index contributed by atoms with van der Waals surface area (Å²) in [6.45, 7) is 2.38. The average molecular weight is 424 g/mol. The van der Waals surface area contributed by atoms with Crippen molar-refractivity contribution in [2.45, 2.75) is 20.2 Å². The Morgan fingerprint density at radius 3 is 2.65 bits per heavy atom. The standard InChI is InChI=1S/C21H18F2N6O2/c1-14-2-4-15(5-3-14)11-29-12-24-21(27-29)25-20(30)18-8-9-28(26-18)13-31-19-7-6-16(22)10-17(19)23/h2-10,12H,11,13H2,1H3,(H,25,27,30). The molecule has 0 aliphatic heterocycles. The van der Waals surface area contributed by atoms with Crippen molar-refractivity contribution in [2.24, 2.45) is 0 Å². The number of ether oxygens (including phenoxy) is 1. The molecule has 0 unspecified atom stereocenters. The van der Waals surface area contributed by atoms with Gasteiger partial charge >= 0.3 is 0 Å². The number of aromatic nitrogens is 5. The Morgan fingerprint density at radius 2 is 1.87 bits per heavy atom. The van der Waals surface area contributed by atoms with Crippen LogP contribution in [0.15, 0.2) is 61.1 Å². The fraction of sp³-hybridized carbons (Fsp3) is 0.143. The van der Waals surface area contributed by atoms with E-state index in [2.05, 4.69) is 20.5 Å². The topological polar surface area (TPSA) is 86.9 Å². The molecule has 2 aromatic carbocycles. The first-order chi connectivity index (χ1) is 15.0. The van der Waals surface area contributed by atoms with Crippen LogP contribution in [-0.2, 0) is 13.3 Å². The molecule has 0 aliphatic rings. The molecule has 0 saturated carbocycles. The van der Waals surface area contributed by atoms with Gasteiger partial charge in [-0.15, -0.1) is 5.10 Å². The minimum Gasteiger partial charge on any atom is -0.468 e. The van der Waals surface area contributed by atoms with E-state index in [0.717, 1.165) is 17.7 Å². The third kappa shape index (κ3) is 5.10. The van der Waals surface area contributed by atoms with Crippen molar-refractivity contribution in [3.8, 4) is 5.75 Å². The summed E-state index contributed by atoms with van der Waals surface area (Å²) in [5.74, 6) is -1.99. The van der Waals surface area contributed by atoms with Gasteiger partial charge in [-0.25, -0.2) is 23.1 Å². The Bertz CT molecular complexity index is 1200. The third-order valence-electron chi connectivity index (χ3n) is 4.35. The molecule has 0 bridgehead atoms. The number of amides is 1. The van der Waals surface area contributed by atoms with Crippen LogP contribution in [0.5, 0.6) is 5.75 Å². The van der Waals surface area contributed by atoms with Crippen molar-refractivity contribution in [1.29, 1.82) is 0 Å². The van der Waals surface area contributed by atoms with Crippen LogP contribution < -0.4 is 10.1 Å². The Morgan fingerprint density at radius 1 is 1.06 bits per heavy atom. The SMILES string of the molecule is Cc1ccc(Cn2cnc(NC(=O)c3ccn(COc4ccc(F)cc4F)n3)n2)cc1. The number of carbonyl (C=O) groups excluding carboxylic acids is 1. The Labute approximate surface area is 176 Å². The number of benzene rings is 2. The molecule has 8 nitrogen and oxygen atoms in total. The van der Waals surface area contributed by atoms with E-state index in [1.807, 2.05) is 31.2 Å². The predicted octanol–water partition coefficient (Wildman–Crippen LogP) is 3.40. The van der Waals surface area contributed by atoms with Crippen molar-refractivity contribution in [1.82, 2.24) is 24.5 Å². The van der Waals surface area contributed by atoms with Crippen molar-refractivity contribution in [3.63, 3.8) is 0 Å². The molecule has 2 heterocycles. The Kier molecular flexibility index (Phi) is 5.69. The molecule has 4 rings (SSSR count). The van der Waals surface area contributed by atoms with Gasteiger partial charge in [0.1, 0.15) is 12.1 Å². The maximum Gasteiger partial charge on any atom is 0.278 e. The third-order valence-corrected chi connectivity index (χ3v) is 4.35. The average Bonchev–Trinajstić information content (AvgIpc) is 3.39. The van der Waals surface area contributed by atoms with Crippen LogP contribution in [0.25, 0.3) is 0 Å². The van der Waals surface area contributed by atoms with Crippen molar-refractivity contribution in [2.75, 3.05) is 5.32 Å². The minimum absolute atomic E-state index is 0.109. The first-order valence-electron chi connectivity index (χ1n) is 9.34. The van der Waals surface area contributed by atoms with Gasteiger partial charge in [0.2, 0.25) is 5.95 Å². The largest absolute Gasteiger partial charge is 0.468 e. The van der Waals surface area contributed by atoms with Gasteiger partial charge in [-0.3, -0.25) is 10.1 Å². The molecule has 31 heavy (non-hydrogen) atoms. The fourth-order valence-electron chi connectivity index (χ4n) is 2.76. The van der Waals surface area contributed by atoms with Crippen LogP contribution in [-0.4, -0.2) is 30.5 Å². The lowest BCUT2D eigenvalue weighted by Gasteiger charge is -2.07. The van der Waals surface area contributed by atoms with E-state index in [0.29, 0.717) is 6.54 Å². The van der Waals surface area contributed by atoms with Gasteiger partial charge in [-0.2, -0.15) is 5.10 Å². The fourth-order valence-corrected chi connectivity index (χ4v) is 2.76. The highest BCUT2D eigenvalue weighted by Crippen LogP contribution is 2.18. The first-order valence-corrected chi connectivity index (χ1v) is 9.34. The molecule has 1 N–H and O–H groups in total. The summed E-state index contributed by atoms with van der Waals surface area (Å²) in [4.78, 5) is 16.5. The molecule has 0 spiro atoms. The van der Waals surface area contributed by atoms with Gasteiger partial charge in [0, 0.05) is 12.3 Å². The smallest absolute Gasteiger partial charge is 0.278 e. The highest BCUT2D eigenvalue weighted by molar-refractivity contribution is 6.01. The second kappa shape index (κ2) is 8.74. The number of anilines is 1. The predicted molar refractivity (Wildman–Crippen MR) is 107 cm³/mol. The number of hydrogen-bond donors (Lipinski definition) is 1. The number of carbonyl (C=O) groups is 1. The van der Waals surface area contributed by atoms with Crippen molar-refractivity contribution in [3.05, 3.63) is 89.5 Å². The number of aryl methyl sites for hydroxylation is 1. The molecule has 0 atom stereocenters. The van der Waals surface area contributed by atoms with Gasteiger partial charge in [0.25, 0.3) is 5.91 Å². The molecular formula is C21H18F2N6O2. The molecule has 1 amide bonds. The second-order valence-electron chi connectivity index (χ2n) is 6.79. The van der Waals surface area contributed by atoms with Gasteiger partial charge < -0.3 is 4.74 Å². The molecule has 0 radical (unpaired) electrons. The zero-order valence-electron chi connectivity index (χ0n) is 16.5. The molecular weight excluding hydrogens is 406 g/mol. The van der Waals surface area contributed by atoms with Crippen LogP contribution in [0.1, 0.15) is 21.6 Å². The maximum atomic E-state index is 13.6. The molecule has 0 fully saturated rings. The molecule has 158 valence electrons. The van der Waals surface area contributed by atoms with Crippen LogP contribution in [0.3, 0.4) is 0 Å². The molecule has 10 heteroatoms. The number of rotatable bonds is 7. The zero-order valence-corrected chi connectivity index (χ0v) is 16.5. The van der Waals surface area contributed by atoms with E-state index in [-0.39, 0.29) is 24.1 Å². The Balaban J connectivity index is 1.33. The molecule has 0 saturated heterocycles. The van der Waals surface area contributed by atoms with Crippen LogP contribution >= 0.6 is 0 Å². The molecule has 4 aromatic rings. The summed E-state index contributed by atoms with van der Waals surface area (Å²) in [6, 6.07) is 12.5. The molecule has 0 aliphatic carbocycles. The summed E-state index contributed by atoms with van der Waals surface area (Å²) in [7, 11) is 0. The summed E-state index contributed by atoms with van der Waals surface area (Å²) in [5, 5.41) is 10.9. The van der Waals surface area contributed by atoms with E-state index in [1.165, 1.54) is 34.9 Å². The highest BCUT2D eigenvalue weighted by atomic mass is 19.1. The van der Waals surface area contributed by atoms with Crippen LogP contribution in [0, 0.1) is 18.6 Å². The van der Waals surface area contributed by atoms with Crippen LogP contribution in [0.4, 0.5) is 14.7 Å². The number of halogens is 2. The van der Waals surface area contributed by atoms with E-state index < -0.39 is 17.5 Å². The van der Waals surface area contributed by atoms with E-state index in [1.54, 1.807) is 4.68 Å². The lowest BCUT2D eigenvalue weighted by molar-refractivity contribution is 0.101. The number of nitrogens with zero attached hydrogens (tertiary/aromatic N) is 5. The number of hydrogen-bond acceptors (Lipinski definition) is 5. The summed E-state index contributed by atoms with van der Waals surface area (Å²) >= 11 is 0. The van der Waals surface area contributed by atoms with E-state index >= 15 is 0 Å². The Hall–Kier alpha value is -4.08. The van der Waals surface area contributed by atoms with Crippen molar-refractivity contribution < 1.29 is 18.3 Å². The maximum absolute atomic E-state index is 13.6. The summed E-state index contributed by atoms with van der Waals surface area (Å²) in [6.07, 6.45) is 3.03. The lowest BCUT2D eigenvalue weighted by atomic mass is 10.1. The van der Waals surface area contributed by atoms with Gasteiger partial charge in [0.05, 0.1) is 6.54 Å². The minimum atomic E-state index is -0.822. The quantitative estimate of drug-likeness (QED) is 0.491. The monoisotopic (exact) mass is 424 g/mol. The van der Waals surface area contributed by atoms with Crippen molar-refractivity contribution >= 4 is 11.9 Å².